The summed E-state index contributed by atoms with van der Waals surface area (Å²) in [5.74, 6) is 2.67. The van der Waals surface area contributed by atoms with Crippen molar-refractivity contribution >= 4 is 32.3 Å². The molecule has 6 heteroatoms. The van der Waals surface area contributed by atoms with Gasteiger partial charge in [-0.2, -0.15) is 0 Å². The molecule has 1 atom stereocenters. The number of para-hydroxylation sites is 3. The molecular formula is C29H29NO3P2. The number of rotatable bonds is 7. The number of hydrogen-bond acceptors (Lipinski definition) is 4. The minimum Gasteiger partial charge on any atom is -0.496 e. The second kappa shape index (κ2) is 10.4. The highest BCUT2D eigenvalue weighted by atomic mass is 31.2. The molecule has 0 saturated heterocycles. The van der Waals surface area contributed by atoms with Crippen molar-refractivity contribution in [1.29, 1.82) is 0 Å². The first kappa shape index (κ1) is 23.8. The van der Waals surface area contributed by atoms with Gasteiger partial charge in [0.25, 0.3) is 0 Å². The minimum atomic E-state index is -1.15. The third kappa shape index (κ3) is 4.43. The lowest BCUT2D eigenvalue weighted by molar-refractivity contribution is 0.416. The molecule has 0 aliphatic carbocycles. The van der Waals surface area contributed by atoms with E-state index in [0.717, 1.165) is 33.4 Å². The van der Waals surface area contributed by atoms with Crippen LogP contribution in [0.4, 0.5) is 0 Å². The third-order valence-corrected chi connectivity index (χ3v) is 11.5. The van der Waals surface area contributed by atoms with E-state index in [0.29, 0.717) is 0 Å². The highest BCUT2D eigenvalue weighted by Crippen LogP contribution is 2.61. The summed E-state index contributed by atoms with van der Waals surface area (Å²) in [4.78, 5) is 0. The molecule has 0 radical (unpaired) electrons. The van der Waals surface area contributed by atoms with Crippen LogP contribution in [0.1, 0.15) is 13.8 Å². The van der Waals surface area contributed by atoms with Crippen molar-refractivity contribution in [2.45, 2.75) is 19.9 Å². The quantitative estimate of drug-likeness (QED) is 0.272. The smallest absolute Gasteiger partial charge is 0.202 e. The van der Waals surface area contributed by atoms with Crippen LogP contribution in [0.3, 0.4) is 0 Å². The van der Waals surface area contributed by atoms with Crippen LogP contribution in [-0.4, -0.2) is 24.7 Å². The fraction of sp³-hybridized carbons (Fsp3) is 0.172. The van der Waals surface area contributed by atoms with Crippen molar-refractivity contribution in [3.8, 4) is 28.4 Å². The molecule has 4 aromatic carbocycles. The van der Waals surface area contributed by atoms with Gasteiger partial charge in [-0.1, -0.05) is 60.7 Å². The highest BCUT2D eigenvalue weighted by Gasteiger charge is 2.40. The Morgan fingerprint density at radius 1 is 0.686 bits per heavy atom. The van der Waals surface area contributed by atoms with Crippen LogP contribution in [0.25, 0.3) is 11.1 Å². The van der Waals surface area contributed by atoms with Gasteiger partial charge in [0, 0.05) is 35.6 Å². The molecule has 178 valence electrons. The summed E-state index contributed by atoms with van der Waals surface area (Å²) >= 11 is 0. The fourth-order valence-electron chi connectivity index (χ4n) is 4.41. The van der Waals surface area contributed by atoms with Crippen molar-refractivity contribution in [1.82, 2.24) is 4.44 Å². The summed E-state index contributed by atoms with van der Waals surface area (Å²) < 4.78 is 21.2. The number of methoxy groups -OCH3 is 2. The molecule has 4 nitrogen and oxygen atoms in total. The molecular weight excluding hydrogens is 472 g/mol. The molecule has 1 aliphatic heterocycles. The van der Waals surface area contributed by atoms with Gasteiger partial charge in [-0.15, -0.1) is 0 Å². The van der Waals surface area contributed by atoms with E-state index in [1.54, 1.807) is 14.2 Å². The first-order valence-electron chi connectivity index (χ1n) is 11.7. The molecule has 35 heavy (non-hydrogen) atoms. The molecule has 5 rings (SSSR count). The van der Waals surface area contributed by atoms with Crippen molar-refractivity contribution in [3.05, 3.63) is 97.1 Å². The zero-order valence-electron chi connectivity index (χ0n) is 20.4. The molecule has 0 N–H and O–H groups in total. The summed E-state index contributed by atoms with van der Waals surface area (Å²) in [5.41, 5.74) is 2.38. The van der Waals surface area contributed by atoms with E-state index in [2.05, 4.69) is 85.0 Å². The Bertz CT molecular complexity index is 1280. The molecule has 1 heterocycles. The van der Waals surface area contributed by atoms with Crippen LogP contribution in [0.15, 0.2) is 97.1 Å². The van der Waals surface area contributed by atoms with Gasteiger partial charge in [0.2, 0.25) is 8.30 Å². The number of benzene rings is 4. The minimum absolute atomic E-state index is 0.195. The Hall–Kier alpha value is -2.90. The Balaban J connectivity index is 1.75. The monoisotopic (exact) mass is 501 g/mol. The second-order valence-corrected chi connectivity index (χ2v) is 12.4. The number of nitrogens with zero attached hydrogens (tertiary/aromatic N) is 1. The zero-order valence-corrected chi connectivity index (χ0v) is 22.2. The predicted octanol–water partition coefficient (Wildman–Crippen LogP) is 6.46. The lowest BCUT2D eigenvalue weighted by atomic mass is 10.0. The molecule has 0 saturated carbocycles. The van der Waals surface area contributed by atoms with Gasteiger partial charge in [-0.05, 0) is 55.8 Å². The molecule has 1 aliphatic rings. The Morgan fingerprint density at radius 3 is 1.80 bits per heavy atom. The third-order valence-electron chi connectivity index (χ3n) is 5.95. The maximum Gasteiger partial charge on any atom is 0.202 e. The van der Waals surface area contributed by atoms with Gasteiger partial charge in [0.1, 0.15) is 17.2 Å². The average molecular weight is 502 g/mol. The van der Waals surface area contributed by atoms with Crippen LogP contribution in [0, 0.1) is 0 Å². The molecule has 0 spiro atoms. The molecule has 0 aromatic heterocycles. The van der Waals surface area contributed by atoms with Gasteiger partial charge < -0.3 is 14.0 Å². The van der Waals surface area contributed by atoms with Crippen molar-refractivity contribution < 1.29 is 14.0 Å². The SMILES string of the molecule is COc1ccccc1P(c1ccccc1OC)N(C(C)C)P1Oc2ccccc2-c2ccccc21. The maximum atomic E-state index is 6.88. The van der Waals surface area contributed by atoms with Crippen molar-refractivity contribution in [2.24, 2.45) is 0 Å². The normalized spacial score (nSPS) is 14.4. The average Bonchev–Trinajstić information content (AvgIpc) is 2.91. The number of hydrogen-bond donors (Lipinski definition) is 0. The van der Waals surface area contributed by atoms with Gasteiger partial charge in [-0.3, -0.25) is 0 Å². The molecule has 0 amide bonds. The number of fused-ring (bicyclic) bond motifs is 3. The van der Waals surface area contributed by atoms with Crippen molar-refractivity contribution in [3.63, 3.8) is 0 Å². The first-order chi connectivity index (χ1) is 17.1. The van der Waals surface area contributed by atoms with Gasteiger partial charge >= 0.3 is 0 Å². The fourth-order valence-corrected chi connectivity index (χ4v) is 10.2. The van der Waals surface area contributed by atoms with E-state index in [9.17, 15) is 0 Å². The number of ether oxygens (including phenoxy) is 2. The van der Waals surface area contributed by atoms with E-state index in [1.165, 1.54) is 10.9 Å². The van der Waals surface area contributed by atoms with Crippen LogP contribution in [0.2, 0.25) is 0 Å². The lowest BCUT2D eigenvalue weighted by Gasteiger charge is -2.42. The summed E-state index contributed by atoms with van der Waals surface area (Å²) in [6.07, 6.45) is 0. The summed E-state index contributed by atoms with van der Waals surface area (Å²) in [7, 11) is 1.27. The Morgan fingerprint density at radius 2 is 1.20 bits per heavy atom. The van der Waals surface area contributed by atoms with Gasteiger partial charge in [0.15, 0.2) is 0 Å². The maximum absolute atomic E-state index is 6.88. The van der Waals surface area contributed by atoms with E-state index < -0.39 is 16.4 Å². The van der Waals surface area contributed by atoms with Crippen LogP contribution in [0.5, 0.6) is 17.2 Å². The second-order valence-electron chi connectivity index (χ2n) is 8.45. The molecule has 1 unspecified atom stereocenters. The highest BCUT2D eigenvalue weighted by molar-refractivity contribution is 7.80. The van der Waals surface area contributed by atoms with Crippen molar-refractivity contribution in [2.75, 3.05) is 14.2 Å². The topological polar surface area (TPSA) is 30.9 Å². The molecule has 0 bridgehead atoms. The predicted molar refractivity (Wildman–Crippen MR) is 148 cm³/mol. The Kier molecular flexibility index (Phi) is 7.07. The van der Waals surface area contributed by atoms with Gasteiger partial charge in [0.05, 0.1) is 14.2 Å². The largest absolute Gasteiger partial charge is 0.496 e. The first-order valence-corrected chi connectivity index (χ1v) is 14.2. The molecule has 0 fully saturated rings. The summed E-state index contributed by atoms with van der Waals surface area (Å²) in [6, 6.07) is 33.8. The Labute approximate surface area is 210 Å². The lowest BCUT2D eigenvalue weighted by Crippen LogP contribution is -2.36. The van der Waals surface area contributed by atoms with Crippen LogP contribution < -0.4 is 29.9 Å². The standard InChI is InChI=1S/C29H29NO3P2/c1-21(2)30(35-27-18-10-6-14-23(27)22-13-5-7-15-24(22)33-35)34(28-19-11-8-16-25(28)31-3)29-20-12-9-17-26(29)32-4/h5-21H,1-4H3. The summed E-state index contributed by atoms with van der Waals surface area (Å²) in [6.45, 7) is 4.49. The van der Waals surface area contributed by atoms with E-state index in [-0.39, 0.29) is 6.04 Å². The summed E-state index contributed by atoms with van der Waals surface area (Å²) in [5, 5.41) is 3.52. The van der Waals surface area contributed by atoms with Crippen LogP contribution in [-0.2, 0) is 0 Å². The van der Waals surface area contributed by atoms with E-state index >= 15 is 0 Å². The van der Waals surface area contributed by atoms with E-state index in [4.69, 9.17) is 14.0 Å². The van der Waals surface area contributed by atoms with E-state index in [1.807, 2.05) is 30.3 Å². The van der Waals surface area contributed by atoms with Crippen LogP contribution >= 0.6 is 16.4 Å². The zero-order chi connectivity index (χ0) is 24.4. The molecule has 4 aromatic rings. The van der Waals surface area contributed by atoms with Gasteiger partial charge in [-0.25, -0.2) is 4.44 Å².